The molecule has 0 spiro atoms. The molecule has 0 radical (unpaired) electrons. The number of aromatic nitrogens is 5. The molecular formula is C15H15N7OS. The van der Waals surface area contributed by atoms with Gasteiger partial charge in [0.2, 0.25) is 0 Å². The normalized spacial score (nSPS) is 12.9. The fourth-order valence-corrected chi connectivity index (χ4v) is 2.99. The van der Waals surface area contributed by atoms with E-state index in [9.17, 15) is 4.55 Å². The zero-order valence-electron chi connectivity index (χ0n) is 12.8. The summed E-state index contributed by atoms with van der Waals surface area (Å²) in [6.45, 7) is 0.365. The molecule has 0 fully saturated rings. The van der Waals surface area contributed by atoms with E-state index in [1.165, 1.54) is 0 Å². The second-order valence-electron chi connectivity index (χ2n) is 5.37. The Morgan fingerprint density at radius 1 is 1.29 bits per heavy atom. The summed E-state index contributed by atoms with van der Waals surface area (Å²) in [6.07, 6.45) is 3.35. The maximum atomic E-state index is 11.2. The molecule has 3 heterocycles. The van der Waals surface area contributed by atoms with Crippen LogP contribution in [0.25, 0.3) is 33.2 Å². The minimum Gasteiger partial charge on any atom is -0.598 e. The zero-order valence-corrected chi connectivity index (χ0v) is 13.6. The first-order chi connectivity index (χ1) is 11.6. The van der Waals surface area contributed by atoms with E-state index in [0.29, 0.717) is 23.7 Å². The summed E-state index contributed by atoms with van der Waals surface area (Å²) in [7, 11) is 0. The minimum absolute atomic E-state index is 0.358. The number of hydrogen-bond acceptors (Lipinski definition) is 6. The first-order valence-electron chi connectivity index (χ1n) is 7.27. The molecule has 1 unspecified atom stereocenters. The van der Waals surface area contributed by atoms with Crippen LogP contribution in [0.2, 0.25) is 0 Å². The van der Waals surface area contributed by atoms with Gasteiger partial charge in [0.05, 0.1) is 23.3 Å². The van der Waals surface area contributed by atoms with Crippen molar-refractivity contribution < 1.29 is 4.55 Å². The molecule has 0 aliphatic rings. The molecule has 1 atom stereocenters. The van der Waals surface area contributed by atoms with Gasteiger partial charge in [0.1, 0.15) is 17.6 Å². The third kappa shape index (κ3) is 2.58. The lowest BCUT2D eigenvalue weighted by Crippen LogP contribution is -2.21. The molecule has 3 aromatic heterocycles. The third-order valence-electron chi connectivity index (χ3n) is 3.74. The Morgan fingerprint density at radius 2 is 2.17 bits per heavy atom. The van der Waals surface area contributed by atoms with Gasteiger partial charge in [-0.3, -0.25) is 5.10 Å². The number of fused-ring (bicyclic) bond motifs is 3. The van der Waals surface area contributed by atoms with Crippen molar-refractivity contribution in [1.82, 2.24) is 29.9 Å². The molecule has 5 N–H and O–H groups in total. The Labute approximate surface area is 140 Å². The molecule has 8 nitrogen and oxygen atoms in total. The van der Waals surface area contributed by atoms with Crippen molar-refractivity contribution in [3.63, 3.8) is 0 Å². The summed E-state index contributed by atoms with van der Waals surface area (Å²) < 4.78 is 14.0. The highest BCUT2D eigenvalue weighted by molar-refractivity contribution is 7.88. The molecule has 0 saturated heterocycles. The number of rotatable bonds is 4. The predicted octanol–water partition coefficient (Wildman–Crippen LogP) is 1.47. The summed E-state index contributed by atoms with van der Waals surface area (Å²) in [5, 5.41) is 7.91. The minimum atomic E-state index is -1.11. The van der Waals surface area contributed by atoms with Crippen molar-refractivity contribution in [2.45, 2.75) is 6.54 Å². The Bertz CT molecular complexity index is 1010. The molecule has 24 heavy (non-hydrogen) atoms. The number of nitrogens with two attached hydrogens (primary N) is 1. The second-order valence-corrected chi connectivity index (χ2v) is 6.57. The SMILES string of the molecule is C[S+]([O-])NCc1nc2c(N)nc3cc(-c4cc[nH]n4)ccc3c2[nH]1. The molecule has 0 aliphatic carbocycles. The van der Waals surface area contributed by atoms with Gasteiger partial charge in [-0.25, -0.2) is 9.97 Å². The van der Waals surface area contributed by atoms with Gasteiger partial charge in [-0.1, -0.05) is 6.07 Å². The standard InChI is InChI=1S/C15H15N7OS/c1-24(23)18-7-12-20-13-9-3-2-8(10-4-5-17-22-10)6-11(9)19-15(16)14(13)21-12/h2-6,18H,7H2,1H3,(H2,16,19)(H,17,22)(H,20,21). The number of pyridine rings is 1. The topological polar surface area (TPSA) is 131 Å². The number of H-pyrrole nitrogens is 2. The first kappa shape index (κ1) is 14.9. The molecule has 0 saturated carbocycles. The van der Waals surface area contributed by atoms with Crippen molar-refractivity contribution in [1.29, 1.82) is 0 Å². The molecule has 4 aromatic rings. The molecule has 0 aliphatic heterocycles. The Balaban J connectivity index is 1.84. The van der Waals surface area contributed by atoms with Gasteiger partial charge in [0.25, 0.3) is 0 Å². The van der Waals surface area contributed by atoms with Crippen LogP contribution in [0.4, 0.5) is 5.82 Å². The van der Waals surface area contributed by atoms with E-state index >= 15 is 0 Å². The molecular weight excluding hydrogens is 326 g/mol. The maximum Gasteiger partial charge on any atom is 0.152 e. The summed E-state index contributed by atoms with van der Waals surface area (Å²) in [4.78, 5) is 12.1. The summed E-state index contributed by atoms with van der Waals surface area (Å²) >= 11 is -1.11. The summed E-state index contributed by atoms with van der Waals surface area (Å²) in [6, 6.07) is 7.80. The van der Waals surface area contributed by atoms with Gasteiger partial charge in [0, 0.05) is 28.5 Å². The van der Waals surface area contributed by atoms with E-state index in [1.807, 2.05) is 24.3 Å². The van der Waals surface area contributed by atoms with E-state index in [-0.39, 0.29) is 0 Å². The van der Waals surface area contributed by atoms with Crippen LogP contribution in [0.15, 0.2) is 30.5 Å². The second kappa shape index (κ2) is 5.78. The number of nitrogens with zero attached hydrogens (tertiary/aromatic N) is 3. The van der Waals surface area contributed by atoms with Crippen LogP contribution in [-0.2, 0) is 17.9 Å². The van der Waals surface area contributed by atoms with Gasteiger partial charge in [-0.05, 0) is 18.2 Å². The number of nitrogen functional groups attached to an aromatic ring is 1. The summed E-state index contributed by atoms with van der Waals surface area (Å²) in [5.74, 6) is 1.02. The largest absolute Gasteiger partial charge is 0.598 e. The molecule has 9 heteroatoms. The quantitative estimate of drug-likeness (QED) is 0.416. The van der Waals surface area contributed by atoms with Crippen LogP contribution >= 0.6 is 0 Å². The van der Waals surface area contributed by atoms with Crippen LogP contribution in [0.1, 0.15) is 5.82 Å². The lowest BCUT2D eigenvalue weighted by molar-refractivity contribution is 0.585. The van der Waals surface area contributed by atoms with E-state index in [4.69, 9.17) is 5.73 Å². The van der Waals surface area contributed by atoms with Crippen LogP contribution in [0.5, 0.6) is 0 Å². The van der Waals surface area contributed by atoms with Gasteiger partial charge >= 0.3 is 0 Å². The Kier molecular flexibility index (Phi) is 3.60. The van der Waals surface area contributed by atoms with Crippen molar-refractivity contribution >= 4 is 39.1 Å². The Hall–Kier alpha value is -2.62. The average molecular weight is 341 g/mol. The Morgan fingerprint density at radius 3 is 2.92 bits per heavy atom. The first-order valence-corrected chi connectivity index (χ1v) is 8.82. The monoisotopic (exact) mass is 341 g/mol. The molecule has 1 aromatic carbocycles. The molecule has 122 valence electrons. The number of hydrogen-bond donors (Lipinski definition) is 4. The van der Waals surface area contributed by atoms with E-state index < -0.39 is 11.4 Å². The van der Waals surface area contributed by atoms with Gasteiger partial charge in [-0.15, -0.1) is 4.72 Å². The van der Waals surface area contributed by atoms with Crippen LogP contribution in [0, 0.1) is 0 Å². The maximum absolute atomic E-state index is 11.2. The lowest BCUT2D eigenvalue weighted by Gasteiger charge is -2.03. The van der Waals surface area contributed by atoms with E-state index in [1.54, 1.807) is 12.5 Å². The predicted molar refractivity (Wildman–Crippen MR) is 94.3 cm³/mol. The zero-order chi connectivity index (χ0) is 16.7. The van der Waals surface area contributed by atoms with Gasteiger partial charge in [-0.2, -0.15) is 5.10 Å². The summed E-state index contributed by atoms with van der Waals surface area (Å²) in [5.41, 5.74) is 10.1. The number of nitrogens with one attached hydrogen (secondary N) is 3. The fraction of sp³-hybridized carbons (Fsp3) is 0.133. The van der Waals surface area contributed by atoms with E-state index in [0.717, 1.165) is 27.7 Å². The van der Waals surface area contributed by atoms with Crippen molar-refractivity contribution in [2.75, 3.05) is 12.0 Å². The van der Waals surface area contributed by atoms with Gasteiger partial charge < -0.3 is 15.3 Å². The van der Waals surface area contributed by atoms with Crippen LogP contribution in [-0.4, -0.2) is 36.0 Å². The third-order valence-corrected chi connectivity index (χ3v) is 4.29. The molecule has 0 bridgehead atoms. The number of benzene rings is 1. The van der Waals surface area contributed by atoms with Crippen LogP contribution < -0.4 is 10.5 Å². The molecule has 4 rings (SSSR count). The van der Waals surface area contributed by atoms with Crippen molar-refractivity contribution in [2.24, 2.45) is 0 Å². The highest BCUT2D eigenvalue weighted by Gasteiger charge is 2.13. The van der Waals surface area contributed by atoms with Gasteiger partial charge in [0.15, 0.2) is 5.82 Å². The fourth-order valence-electron chi connectivity index (χ4n) is 2.65. The average Bonchev–Trinajstić information content (AvgIpc) is 3.22. The smallest absolute Gasteiger partial charge is 0.152 e. The highest BCUT2D eigenvalue weighted by Crippen LogP contribution is 2.29. The number of aromatic amines is 2. The van der Waals surface area contributed by atoms with E-state index in [2.05, 4.69) is 29.9 Å². The van der Waals surface area contributed by atoms with Crippen molar-refractivity contribution in [3.8, 4) is 11.3 Å². The lowest BCUT2D eigenvalue weighted by atomic mass is 10.1. The molecule has 0 amide bonds. The van der Waals surface area contributed by atoms with Crippen LogP contribution in [0.3, 0.4) is 0 Å². The number of imidazole rings is 1. The highest BCUT2D eigenvalue weighted by atomic mass is 32.2. The van der Waals surface area contributed by atoms with Crippen molar-refractivity contribution in [3.05, 3.63) is 36.3 Å². The number of anilines is 1.